The molecule has 4 rings (SSSR count). The molecular weight excluding hydrogens is 424 g/mol. The fraction of sp³-hybridized carbons (Fsp3) is 0.207. The normalized spacial score (nSPS) is 14.8. The Bertz CT molecular complexity index is 1100. The summed E-state index contributed by atoms with van der Waals surface area (Å²) >= 11 is 0. The van der Waals surface area contributed by atoms with Crippen LogP contribution in [-0.2, 0) is 4.79 Å². The van der Waals surface area contributed by atoms with Gasteiger partial charge in [0.25, 0.3) is 0 Å². The molecule has 1 N–H and O–H groups in total. The quantitative estimate of drug-likeness (QED) is 0.407. The molecule has 1 aliphatic rings. The average molecular weight is 455 g/mol. The fourth-order valence-electron chi connectivity index (χ4n) is 4.29. The molecular formula is C29H30N2O3. The van der Waals surface area contributed by atoms with Crippen molar-refractivity contribution in [3.8, 4) is 11.5 Å². The summed E-state index contributed by atoms with van der Waals surface area (Å²) in [5, 5.41) is 9.69. The highest BCUT2D eigenvalue weighted by Crippen LogP contribution is 2.29. The molecule has 0 atom stereocenters. The second-order valence-electron chi connectivity index (χ2n) is 8.23. The number of nitrogens with zero attached hydrogens (tertiary/aromatic N) is 2. The van der Waals surface area contributed by atoms with Crippen LogP contribution in [0, 0.1) is 0 Å². The molecule has 1 amide bonds. The monoisotopic (exact) mass is 454 g/mol. The Morgan fingerprint density at radius 1 is 0.882 bits per heavy atom. The van der Waals surface area contributed by atoms with Gasteiger partial charge in [-0.3, -0.25) is 9.69 Å². The zero-order valence-electron chi connectivity index (χ0n) is 19.4. The van der Waals surface area contributed by atoms with E-state index >= 15 is 0 Å². The highest BCUT2D eigenvalue weighted by Gasteiger charge is 2.27. The first-order chi connectivity index (χ1) is 16.7. The van der Waals surface area contributed by atoms with Crippen LogP contribution in [0.3, 0.4) is 0 Å². The van der Waals surface area contributed by atoms with E-state index in [1.165, 1.54) is 18.2 Å². The summed E-state index contributed by atoms with van der Waals surface area (Å²) in [6.07, 6.45) is 7.05. The van der Waals surface area contributed by atoms with Gasteiger partial charge in [0, 0.05) is 32.3 Å². The van der Waals surface area contributed by atoms with Crippen LogP contribution in [0.25, 0.3) is 6.08 Å². The first-order valence-corrected chi connectivity index (χ1v) is 11.5. The van der Waals surface area contributed by atoms with Crippen LogP contribution in [0.2, 0.25) is 0 Å². The van der Waals surface area contributed by atoms with Gasteiger partial charge in [0.1, 0.15) is 0 Å². The predicted octanol–water partition coefficient (Wildman–Crippen LogP) is 4.90. The number of amides is 1. The lowest BCUT2D eigenvalue weighted by atomic mass is 9.96. The number of methoxy groups -OCH3 is 1. The van der Waals surface area contributed by atoms with Crippen molar-refractivity contribution in [3.63, 3.8) is 0 Å². The van der Waals surface area contributed by atoms with E-state index in [-0.39, 0.29) is 17.7 Å². The molecule has 1 fully saturated rings. The molecule has 1 saturated heterocycles. The van der Waals surface area contributed by atoms with Gasteiger partial charge in [-0.15, -0.1) is 0 Å². The lowest BCUT2D eigenvalue weighted by molar-refractivity contribution is -0.127. The van der Waals surface area contributed by atoms with Crippen molar-refractivity contribution >= 4 is 12.0 Å². The number of piperazine rings is 1. The summed E-state index contributed by atoms with van der Waals surface area (Å²) in [5.74, 6) is 0.541. The van der Waals surface area contributed by atoms with Crippen molar-refractivity contribution in [2.75, 3.05) is 33.3 Å². The molecule has 0 spiro atoms. The second-order valence-corrected chi connectivity index (χ2v) is 8.23. The second kappa shape index (κ2) is 11.3. The van der Waals surface area contributed by atoms with Crippen LogP contribution in [0.1, 0.15) is 22.7 Å². The van der Waals surface area contributed by atoms with E-state index in [1.807, 2.05) is 29.2 Å². The summed E-state index contributed by atoms with van der Waals surface area (Å²) in [4.78, 5) is 17.1. The Hall–Kier alpha value is -3.83. The number of phenolic OH excluding ortho intramolecular Hbond substituents is 1. The van der Waals surface area contributed by atoms with E-state index in [2.05, 4.69) is 53.4 Å². The number of benzene rings is 3. The minimum atomic E-state index is 0.0172. The molecule has 34 heavy (non-hydrogen) atoms. The zero-order chi connectivity index (χ0) is 23.8. The smallest absolute Gasteiger partial charge is 0.246 e. The molecule has 174 valence electrons. The summed E-state index contributed by atoms with van der Waals surface area (Å²) in [7, 11) is 1.52. The molecule has 5 nitrogen and oxygen atoms in total. The maximum atomic E-state index is 12.7. The van der Waals surface area contributed by atoms with Crippen molar-refractivity contribution < 1.29 is 14.6 Å². The molecule has 0 aromatic heterocycles. The Morgan fingerprint density at radius 2 is 1.50 bits per heavy atom. The number of hydrogen-bond acceptors (Lipinski definition) is 4. The van der Waals surface area contributed by atoms with Crippen molar-refractivity contribution in [3.05, 3.63) is 114 Å². The molecule has 3 aromatic carbocycles. The molecule has 5 heteroatoms. The Kier molecular flexibility index (Phi) is 7.79. The fourth-order valence-corrected chi connectivity index (χ4v) is 4.29. The molecule has 0 aliphatic carbocycles. The number of hydrogen-bond donors (Lipinski definition) is 1. The number of phenols is 1. The van der Waals surface area contributed by atoms with Crippen LogP contribution in [-0.4, -0.2) is 54.1 Å². The number of carbonyl (C=O) groups is 1. The van der Waals surface area contributed by atoms with Crippen LogP contribution in [0.15, 0.2) is 97.1 Å². The van der Waals surface area contributed by atoms with E-state index < -0.39 is 0 Å². The van der Waals surface area contributed by atoms with Gasteiger partial charge >= 0.3 is 0 Å². The van der Waals surface area contributed by atoms with Gasteiger partial charge in [0.15, 0.2) is 11.5 Å². The first kappa shape index (κ1) is 23.3. The predicted molar refractivity (Wildman–Crippen MR) is 136 cm³/mol. The topological polar surface area (TPSA) is 53.0 Å². The maximum Gasteiger partial charge on any atom is 0.246 e. The van der Waals surface area contributed by atoms with Gasteiger partial charge in [-0.05, 0) is 28.8 Å². The molecule has 0 unspecified atom stereocenters. The summed E-state index contributed by atoms with van der Waals surface area (Å²) in [6.45, 7) is 3.02. The number of carbonyl (C=O) groups excluding carboxylic acids is 1. The van der Waals surface area contributed by atoms with Gasteiger partial charge < -0.3 is 14.7 Å². The number of allylic oxidation sites excluding steroid dienone is 2. The molecule has 0 radical (unpaired) electrons. The van der Waals surface area contributed by atoms with E-state index in [1.54, 1.807) is 30.4 Å². The van der Waals surface area contributed by atoms with Crippen LogP contribution in [0.4, 0.5) is 0 Å². The third-order valence-corrected chi connectivity index (χ3v) is 6.06. The molecule has 1 heterocycles. The van der Waals surface area contributed by atoms with Crippen LogP contribution < -0.4 is 4.74 Å². The van der Waals surface area contributed by atoms with Crippen molar-refractivity contribution in [1.29, 1.82) is 0 Å². The van der Waals surface area contributed by atoms with E-state index in [9.17, 15) is 9.90 Å². The lowest BCUT2D eigenvalue weighted by Gasteiger charge is -2.39. The third kappa shape index (κ3) is 5.74. The van der Waals surface area contributed by atoms with Crippen LogP contribution >= 0.6 is 0 Å². The van der Waals surface area contributed by atoms with E-state index in [0.717, 1.165) is 18.7 Å². The Morgan fingerprint density at radius 3 is 2.09 bits per heavy atom. The maximum absolute atomic E-state index is 12.7. The Labute approximate surface area is 201 Å². The van der Waals surface area contributed by atoms with Gasteiger partial charge in [0.2, 0.25) is 5.91 Å². The van der Waals surface area contributed by atoms with E-state index in [4.69, 9.17) is 4.74 Å². The molecule has 0 bridgehead atoms. The van der Waals surface area contributed by atoms with Crippen molar-refractivity contribution in [2.24, 2.45) is 0 Å². The summed E-state index contributed by atoms with van der Waals surface area (Å²) in [6, 6.07) is 26.4. The average Bonchev–Trinajstić information content (AvgIpc) is 2.89. The molecule has 0 saturated carbocycles. The van der Waals surface area contributed by atoms with E-state index in [0.29, 0.717) is 18.8 Å². The third-order valence-electron chi connectivity index (χ3n) is 6.06. The van der Waals surface area contributed by atoms with Crippen molar-refractivity contribution in [2.45, 2.75) is 6.04 Å². The Balaban J connectivity index is 1.36. The molecule has 1 aliphatic heterocycles. The lowest BCUT2D eigenvalue weighted by Crippen LogP contribution is -2.49. The highest BCUT2D eigenvalue weighted by molar-refractivity contribution is 5.88. The summed E-state index contributed by atoms with van der Waals surface area (Å²) in [5.41, 5.74) is 3.42. The number of ether oxygens (including phenoxy) is 1. The summed E-state index contributed by atoms with van der Waals surface area (Å²) < 4.78 is 5.12. The number of aromatic hydroxyl groups is 1. The van der Waals surface area contributed by atoms with Crippen molar-refractivity contribution in [1.82, 2.24) is 9.80 Å². The zero-order valence-corrected chi connectivity index (χ0v) is 19.4. The van der Waals surface area contributed by atoms with Gasteiger partial charge in [-0.1, -0.05) is 85.0 Å². The molecule has 3 aromatic rings. The highest BCUT2D eigenvalue weighted by atomic mass is 16.5. The largest absolute Gasteiger partial charge is 0.504 e. The minimum Gasteiger partial charge on any atom is -0.504 e. The van der Waals surface area contributed by atoms with Gasteiger partial charge in [-0.25, -0.2) is 0 Å². The van der Waals surface area contributed by atoms with Gasteiger partial charge in [0.05, 0.1) is 13.2 Å². The first-order valence-electron chi connectivity index (χ1n) is 11.5. The van der Waals surface area contributed by atoms with Crippen LogP contribution in [0.5, 0.6) is 11.5 Å². The van der Waals surface area contributed by atoms with Gasteiger partial charge in [-0.2, -0.15) is 0 Å². The minimum absolute atomic E-state index is 0.0172. The SMILES string of the molecule is COc1cc(/C=C/C=C/C(=O)N2CCN(C(c3ccccc3)c3ccccc3)CC2)ccc1O. The standard InChI is InChI=1S/C29H30N2O3/c1-34-27-22-23(16-17-26(27)32)10-8-9-15-28(33)30-18-20-31(21-19-30)29(24-11-4-2-5-12-24)25-13-6-3-7-14-25/h2-17,22,29,32H,18-21H2,1H3/b10-8+,15-9+. The number of rotatable bonds is 7.